The Labute approximate surface area is 140 Å². The number of nitrogens with zero attached hydrogens (tertiary/aromatic N) is 1. The minimum Gasteiger partial charge on any atom is -0.316 e. The zero-order valence-electron chi connectivity index (χ0n) is 14.4. The number of rotatable bonds is 5. The van der Waals surface area contributed by atoms with Crippen molar-refractivity contribution in [2.24, 2.45) is 5.92 Å². The molecule has 2 heterocycles. The molecule has 3 heteroatoms. The molecule has 1 unspecified atom stereocenters. The van der Waals surface area contributed by atoms with Crippen molar-refractivity contribution in [3.8, 4) is 0 Å². The largest absolute Gasteiger partial charge is 0.316 e. The van der Waals surface area contributed by atoms with Crippen LogP contribution in [-0.2, 0) is 17.6 Å². The highest BCUT2D eigenvalue weighted by Crippen LogP contribution is 2.30. The maximum absolute atomic E-state index is 12.4. The van der Waals surface area contributed by atoms with E-state index in [4.69, 9.17) is 0 Å². The van der Waals surface area contributed by atoms with Crippen LogP contribution in [0.15, 0.2) is 18.2 Å². The van der Waals surface area contributed by atoms with Gasteiger partial charge in [0.1, 0.15) is 0 Å². The molecule has 3 nitrogen and oxygen atoms in total. The van der Waals surface area contributed by atoms with Crippen molar-refractivity contribution in [2.75, 3.05) is 24.5 Å². The van der Waals surface area contributed by atoms with Crippen LogP contribution in [0, 0.1) is 5.92 Å². The predicted molar refractivity (Wildman–Crippen MR) is 95.9 cm³/mol. The maximum Gasteiger partial charge on any atom is 0.226 e. The van der Waals surface area contributed by atoms with E-state index >= 15 is 0 Å². The second kappa shape index (κ2) is 7.96. The van der Waals surface area contributed by atoms with Gasteiger partial charge in [0.05, 0.1) is 0 Å². The van der Waals surface area contributed by atoms with Crippen LogP contribution in [0.4, 0.5) is 5.69 Å². The molecule has 3 rings (SSSR count). The molecule has 23 heavy (non-hydrogen) atoms. The lowest BCUT2D eigenvalue weighted by Crippen LogP contribution is -2.35. The molecular weight excluding hydrogens is 284 g/mol. The summed E-state index contributed by atoms with van der Waals surface area (Å²) in [6, 6.07) is 6.81. The summed E-state index contributed by atoms with van der Waals surface area (Å²) in [5.74, 6) is 1.07. The molecule has 1 fully saturated rings. The van der Waals surface area contributed by atoms with Crippen molar-refractivity contribution >= 4 is 11.6 Å². The quantitative estimate of drug-likeness (QED) is 0.899. The number of piperidine rings is 1. The third-order valence-electron chi connectivity index (χ3n) is 5.23. The molecular formula is C20H30N2O. The molecule has 1 aromatic rings. The molecule has 0 bridgehead atoms. The van der Waals surface area contributed by atoms with E-state index in [-0.39, 0.29) is 0 Å². The summed E-state index contributed by atoms with van der Waals surface area (Å²) in [5, 5.41) is 3.51. The maximum atomic E-state index is 12.4. The molecule has 0 aliphatic carbocycles. The van der Waals surface area contributed by atoms with Gasteiger partial charge >= 0.3 is 0 Å². The van der Waals surface area contributed by atoms with Gasteiger partial charge in [0.15, 0.2) is 0 Å². The van der Waals surface area contributed by atoms with Crippen molar-refractivity contribution in [2.45, 2.75) is 58.3 Å². The lowest BCUT2D eigenvalue weighted by molar-refractivity contribution is -0.118. The fourth-order valence-corrected chi connectivity index (χ4v) is 3.93. The fourth-order valence-electron chi connectivity index (χ4n) is 3.93. The Balaban J connectivity index is 1.70. The SMILES string of the molecule is CCCCC(=O)N1CCCc2cc(CC3CCCNC3)ccc21. The van der Waals surface area contributed by atoms with Crippen molar-refractivity contribution in [3.05, 3.63) is 29.3 Å². The zero-order chi connectivity index (χ0) is 16.1. The van der Waals surface area contributed by atoms with Crippen LogP contribution < -0.4 is 10.2 Å². The lowest BCUT2D eigenvalue weighted by Gasteiger charge is -2.30. The third-order valence-corrected chi connectivity index (χ3v) is 5.23. The monoisotopic (exact) mass is 314 g/mol. The van der Waals surface area contributed by atoms with Crippen LogP contribution >= 0.6 is 0 Å². The second-order valence-corrected chi connectivity index (χ2v) is 7.13. The molecule has 1 N–H and O–H groups in total. The minimum atomic E-state index is 0.303. The zero-order valence-corrected chi connectivity index (χ0v) is 14.4. The smallest absolute Gasteiger partial charge is 0.226 e. The summed E-state index contributed by atoms with van der Waals surface area (Å²) in [6.07, 6.45) is 8.79. The standard InChI is InChI=1S/C20H30N2O/c1-2-3-8-20(23)22-12-5-7-18-14-16(9-10-19(18)22)13-17-6-4-11-21-15-17/h9-10,14,17,21H,2-8,11-13,15H2,1H3. The minimum absolute atomic E-state index is 0.303. The number of benzene rings is 1. The normalized spacial score (nSPS) is 21.1. The average molecular weight is 314 g/mol. The predicted octanol–water partition coefficient (Wildman–Crippen LogP) is 3.70. The Kier molecular flexibility index (Phi) is 5.71. The van der Waals surface area contributed by atoms with E-state index in [1.807, 2.05) is 4.90 Å². The number of anilines is 1. The Morgan fingerprint density at radius 2 is 2.26 bits per heavy atom. The van der Waals surface area contributed by atoms with Gasteiger partial charge in [-0.3, -0.25) is 4.79 Å². The number of aryl methyl sites for hydroxylation is 1. The van der Waals surface area contributed by atoms with Gasteiger partial charge in [0.25, 0.3) is 0 Å². The van der Waals surface area contributed by atoms with Crippen molar-refractivity contribution < 1.29 is 4.79 Å². The molecule has 2 aliphatic rings. The highest BCUT2D eigenvalue weighted by molar-refractivity contribution is 5.94. The summed E-state index contributed by atoms with van der Waals surface area (Å²) < 4.78 is 0. The van der Waals surface area contributed by atoms with Gasteiger partial charge in [-0.2, -0.15) is 0 Å². The first-order valence-corrected chi connectivity index (χ1v) is 9.41. The highest BCUT2D eigenvalue weighted by atomic mass is 16.2. The lowest BCUT2D eigenvalue weighted by atomic mass is 9.90. The number of unbranched alkanes of at least 4 members (excludes halogenated alkanes) is 1. The molecule has 0 saturated carbocycles. The molecule has 0 aromatic heterocycles. The molecule has 2 aliphatic heterocycles. The van der Waals surface area contributed by atoms with E-state index in [1.54, 1.807) is 0 Å². The van der Waals surface area contributed by atoms with Gasteiger partial charge < -0.3 is 10.2 Å². The first-order valence-electron chi connectivity index (χ1n) is 9.41. The summed E-state index contributed by atoms with van der Waals surface area (Å²) >= 11 is 0. The molecule has 1 aromatic carbocycles. The molecule has 0 radical (unpaired) electrons. The van der Waals surface area contributed by atoms with Crippen molar-refractivity contribution in [3.63, 3.8) is 0 Å². The Morgan fingerprint density at radius 1 is 1.35 bits per heavy atom. The van der Waals surface area contributed by atoms with Crippen LogP contribution in [-0.4, -0.2) is 25.5 Å². The number of amides is 1. The van der Waals surface area contributed by atoms with Gasteiger partial charge in [0, 0.05) is 18.7 Å². The van der Waals surface area contributed by atoms with E-state index in [9.17, 15) is 4.79 Å². The number of hydrogen-bond acceptors (Lipinski definition) is 2. The van der Waals surface area contributed by atoms with Gasteiger partial charge in [-0.15, -0.1) is 0 Å². The molecule has 126 valence electrons. The second-order valence-electron chi connectivity index (χ2n) is 7.13. The number of carbonyl (C=O) groups excluding carboxylic acids is 1. The molecule has 1 atom stereocenters. The highest BCUT2D eigenvalue weighted by Gasteiger charge is 2.22. The van der Waals surface area contributed by atoms with E-state index in [2.05, 4.69) is 30.4 Å². The van der Waals surface area contributed by atoms with Gasteiger partial charge in [-0.1, -0.05) is 25.5 Å². The van der Waals surface area contributed by atoms with E-state index in [0.29, 0.717) is 12.3 Å². The van der Waals surface area contributed by atoms with Crippen LogP contribution in [0.1, 0.15) is 56.6 Å². The van der Waals surface area contributed by atoms with Gasteiger partial charge in [-0.05, 0) is 74.7 Å². The molecule has 1 amide bonds. The van der Waals surface area contributed by atoms with Crippen LogP contribution in [0.3, 0.4) is 0 Å². The Morgan fingerprint density at radius 3 is 3.04 bits per heavy atom. The van der Waals surface area contributed by atoms with E-state index in [0.717, 1.165) is 44.7 Å². The van der Waals surface area contributed by atoms with E-state index in [1.165, 1.54) is 42.6 Å². The fraction of sp³-hybridized carbons (Fsp3) is 0.650. The Bertz CT molecular complexity index is 534. The summed E-state index contributed by atoms with van der Waals surface area (Å²) in [6.45, 7) is 5.36. The summed E-state index contributed by atoms with van der Waals surface area (Å²) in [5.41, 5.74) is 3.99. The van der Waals surface area contributed by atoms with Crippen LogP contribution in [0.2, 0.25) is 0 Å². The first-order chi connectivity index (χ1) is 11.3. The Hall–Kier alpha value is -1.35. The summed E-state index contributed by atoms with van der Waals surface area (Å²) in [4.78, 5) is 14.5. The summed E-state index contributed by atoms with van der Waals surface area (Å²) in [7, 11) is 0. The molecule has 1 saturated heterocycles. The van der Waals surface area contributed by atoms with Crippen LogP contribution in [0.5, 0.6) is 0 Å². The van der Waals surface area contributed by atoms with Gasteiger partial charge in [0.2, 0.25) is 5.91 Å². The average Bonchev–Trinajstić information content (AvgIpc) is 2.60. The van der Waals surface area contributed by atoms with Crippen LogP contribution in [0.25, 0.3) is 0 Å². The molecule has 0 spiro atoms. The number of fused-ring (bicyclic) bond motifs is 1. The van der Waals surface area contributed by atoms with E-state index < -0.39 is 0 Å². The topological polar surface area (TPSA) is 32.3 Å². The van der Waals surface area contributed by atoms with Crippen molar-refractivity contribution in [1.29, 1.82) is 0 Å². The van der Waals surface area contributed by atoms with Crippen molar-refractivity contribution in [1.82, 2.24) is 5.32 Å². The number of carbonyl (C=O) groups is 1. The third kappa shape index (κ3) is 4.14. The number of nitrogens with one attached hydrogen (secondary N) is 1. The number of hydrogen-bond donors (Lipinski definition) is 1. The first kappa shape index (κ1) is 16.5. The van der Waals surface area contributed by atoms with Gasteiger partial charge in [-0.25, -0.2) is 0 Å².